The number of ether oxygens (including phenoxy) is 3. The summed E-state index contributed by atoms with van der Waals surface area (Å²) in [5.74, 6) is 1.10. The molecule has 366 valence electrons. The van der Waals surface area contributed by atoms with Crippen LogP contribution in [0.3, 0.4) is 0 Å². The zero-order valence-electron chi connectivity index (χ0n) is 34.6. The molecule has 31 nitrogen and oxygen atoms in total. The molecule has 0 radical (unpaired) electrons. The highest BCUT2D eigenvalue weighted by Gasteiger charge is 2.16. The van der Waals surface area contributed by atoms with E-state index in [2.05, 4.69) is 90.7 Å². The molecule has 2 atom stereocenters. The summed E-state index contributed by atoms with van der Waals surface area (Å²) < 4.78 is 71.1. The third-order valence-electron chi connectivity index (χ3n) is 5.66. The average molecular weight is 1130 g/mol. The molecule has 2 unspecified atom stereocenters. The van der Waals surface area contributed by atoms with E-state index in [1.807, 2.05) is 4.72 Å². The van der Waals surface area contributed by atoms with Crippen molar-refractivity contribution in [3.63, 3.8) is 0 Å². The number of carbonyl (C=O) groups is 2. The Kier molecular flexibility index (Phi) is 26.8. The topological polar surface area (TPSA) is 415 Å². The highest BCUT2D eigenvalue weighted by Crippen LogP contribution is 2.39. The minimum absolute atomic E-state index is 0.0125. The Morgan fingerprint density at radius 2 is 1.25 bits per heavy atom. The average Bonchev–Trinajstić information content (AvgIpc) is 3.80. The standard InChI is InChI=1S/C11H10ClN7O4S2.C6H8ClN5O4S.C5H3ClN2S.C5H8N4O.CClNO3S/c1-5-14-9(17-11(15-5)22-3)16-10(20)19-25(21)23-18-7-6(12)4-24-8(7)13-2;1-3-8-4(11-6(9-3)16-2)10-5(13)12-17(7,14)15;1-8-5-4(7)3(6)2-9-5;1-3-7-4(6)9-5(8-3)10-2;2-6-7(5)3-1-4/h4,18H,1,3H3,(H2,14,15,16,17,19,20);1-2H3,(H2,8,9,10,11,12,13);2H,7H2;1-2H3,(H2,6,7,8,9);. The number of carbonyl (C=O) groups excluding carboxylic acids is 3. The lowest BCUT2D eigenvalue weighted by Crippen LogP contribution is -2.33. The molecule has 0 aliphatic heterocycles. The number of nitrogen functional groups attached to an aromatic ring is 2. The van der Waals surface area contributed by atoms with Gasteiger partial charge >= 0.3 is 50.6 Å². The number of methoxy groups -OCH3 is 3. The summed E-state index contributed by atoms with van der Waals surface area (Å²) in [6, 6.07) is -1.73. The minimum Gasteiger partial charge on any atom is -0.467 e. The van der Waals surface area contributed by atoms with Gasteiger partial charge in [-0.1, -0.05) is 27.6 Å². The van der Waals surface area contributed by atoms with Crippen LogP contribution < -0.4 is 51.2 Å². The molecule has 5 rings (SSSR count). The molecular weight excluding hydrogens is 1100 g/mol. The summed E-state index contributed by atoms with van der Waals surface area (Å²) in [6.45, 7) is 18.4. The predicted molar refractivity (Wildman–Crippen MR) is 248 cm³/mol. The first-order valence-corrected chi connectivity index (χ1v) is 23.6. The first-order valence-electron chi connectivity index (χ1n) is 16.4. The molecule has 40 heteroatoms. The largest absolute Gasteiger partial charge is 0.467 e. The van der Waals surface area contributed by atoms with Gasteiger partial charge in [0.15, 0.2) is 0 Å². The summed E-state index contributed by atoms with van der Waals surface area (Å²) in [5, 5.41) is 8.88. The maximum atomic E-state index is 11.7. The number of aromatic nitrogens is 9. The normalized spacial score (nSPS) is 10.6. The van der Waals surface area contributed by atoms with E-state index in [1.54, 1.807) is 26.2 Å². The highest BCUT2D eigenvalue weighted by atomic mass is 35.7. The number of anilines is 5. The molecule has 0 bridgehead atoms. The third-order valence-corrected chi connectivity index (χ3v) is 10.2. The van der Waals surface area contributed by atoms with Crippen LogP contribution in [0.25, 0.3) is 9.69 Å². The summed E-state index contributed by atoms with van der Waals surface area (Å²) in [5.41, 5.74) is 13.5. The van der Waals surface area contributed by atoms with Gasteiger partial charge < -0.3 is 25.7 Å². The van der Waals surface area contributed by atoms with Crippen LogP contribution >= 0.6 is 68.4 Å². The van der Waals surface area contributed by atoms with Crippen LogP contribution in [-0.4, -0.2) is 101 Å². The van der Waals surface area contributed by atoms with Crippen molar-refractivity contribution in [1.29, 1.82) is 0 Å². The Bertz CT molecular complexity index is 2790. The molecule has 68 heavy (non-hydrogen) atoms. The maximum Gasteiger partial charge on any atom is 0.336 e. The van der Waals surface area contributed by atoms with Crippen molar-refractivity contribution in [2.45, 2.75) is 20.8 Å². The summed E-state index contributed by atoms with van der Waals surface area (Å²) >= 11 is 13.9. The van der Waals surface area contributed by atoms with Crippen molar-refractivity contribution >= 4 is 158 Å². The number of isocyanates is 1. The van der Waals surface area contributed by atoms with Crippen LogP contribution in [0.4, 0.5) is 48.8 Å². The number of hydrogen-bond donors (Lipinski definition) is 7. The van der Waals surface area contributed by atoms with Gasteiger partial charge in [-0.25, -0.2) is 41.9 Å². The number of aryl methyl sites for hydroxylation is 3. The molecule has 0 aromatic carbocycles. The van der Waals surface area contributed by atoms with E-state index < -0.39 is 43.8 Å². The first-order chi connectivity index (χ1) is 32.0. The number of nitrogens with two attached hydrogens (primary N) is 2. The molecule has 0 fully saturated rings. The van der Waals surface area contributed by atoms with E-state index in [0.29, 0.717) is 33.2 Å². The van der Waals surface area contributed by atoms with E-state index in [-0.39, 0.29) is 51.6 Å². The van der Waals surface area contributed by atoms with Gasteiger partial charge in [-0.2, -0.15) is 84.0 Å². The number of urea groups is 2. The SMILES string of the molecule is COc1nc(C)nc(N)n1.COc1nc(C)nc(NC(=O)NS(=O)(=O)Cl)n1.O=C=NS(=O)OCl.[C-]#[N+]c1scc(Cl)c1N.[C-]#[N+]c1scc(Cl)c1NOS(=O)NC(=O)Nc1nc(C)nc(OC)n1. The van der Waals surface area contributed by atoms with E-state index >= 15 is 0 Å². The van der Waals surface area contributed by atoms with Crippen molar-refractivity contribution in [2.24, 2.45) is 4.40 Å². The van der Waals surface area contributed by atoms with Crippen molar-refractivity contribution in [3.05, 3.63) is 61.1 Å². The monoisotopic (exact) mass is 1120 g/mol. The summed E-state index contributed by atoms with van der Waals surface area (Å²) in [4.78, 5) is 72.4. The molecule has 5 aromatic heterocycles. The van der Waals surface area contributed by atoms with Crippen LogP contribution in [0, 0.1) is 33.9 Å². The Balaban J connectivity index is 0.000000463. The van der Waals surface area contributed by atoms with E-state index in [4.69, 9.17) is 81.8 Å². The van der Waals surface area contributed by atoms with Gasteiger partial charge in [0.2, 0.25) is 17.8 Å². The Morgan fingerprint density at radius 1 is 0.779 bits per heavy atom. The van der Waals surface area contributed by atoms with Gasteiger partial charge in [-0.05, 0) is 31.5 Å². The Labute approximate surface area is 416 Å². The third kappa shape index (κ3) is 23.8. The molecular formula is C28H29Cl4N19O12S5. The Morgan fingerprint density at radius 3 is 1.65 bits per heavy atom. The lowest BCUT2D eigenvalue weighted by molar-refractivity contribution is 0.255. The van der Waals surface area contributed by atoms with Crippen molar-refractivity contribution in [1.82, 2.24) is 54.3 Å². The predicted octanol–water partition coefficient (Wildman–Crippen LogP) is 4.37. The van der Waals surface area contributed by atoms with Crippen LogP contribution in [0.2, 0.25) is 10.0 Å². The minimum atomic E-state index is -4.16. The van der Waals surface area contributed by atoms with Gasteiger partial charge in [-0.3, -0.25) is 16.1 Å². The van der Waals surface area contributed by atoms with Crippen molar-refractivity contribution in [2.75, 3.05) is 48.9 Å². The number of rotatable bonds is 12. The smallest absolute Gasteiger partial charge is 0.336 e. The van der Waals surface area contributed by atoms with Crippen LogP contribution in [0.15, 0.2) is 15.2 Å². The van der Waals surface area contributed by atoms with Gasteiger partial charge in [0.25, 0.3) is 27.3 Å². The molecule has 5 heterocycles. The van der Waals surface area contributed by atoms with Gasteiger partial charge in [0.1, 0.15) is 17.5 Å². The number of nitrogens with one attached hydrogen (secondary N) is 5. The molecule has 0 spiro atoms. The zero-order valence-corrected chi connectivity index (χ0v) is 41.7. The molecule has 0 saturated heterocycles. The van der Waals surface area contributed by atoms with E-state index in [0.717, 1.165) is 17.4 Å². The molecule has 9 N–H and O–H groups in total. The first kappa shape index (κ1) is 59.5. The van der Waals surface area contributed by atoms with Gasteiger partial charge in [0, 0.05) is 10.7 Å². The molecule has 4 amide bonds. The van der Waals surface area contributed by atoms with Crippen LogP contribution in [0.5, 0.6) is 18.0 Å². The number of hydrogen-bond acceptors (Lipinski definition) is 26. The molecule has 5 aromatic rings. The Hall–Kier alpha value is -6.54. The maximum absolute atomic E-state index is 11.7. The quantitative estimate of drug-likeness (QED) is 0.0300. The number of amides is 4. The number of nitrogens with zero attached hydrogens (tertiary/aromatic N) is 12. The number of thiophene rings is 2. The van der Waals surface area contributed by atoms with Crippen LogP contribution in [0.1, 0.15) is 17.5 Å². The lowest BCUT2D eigenvalue weighted by Gasteiger charge is -2.08. The summed E-state index contributed by atoms with van der Waals surface area (Å²) in [7, 11) is 4.82. The second kappa shape index (κ2) is 30.7. The van der Waals surface area contributed by atoms with Crippen LogP contribution in [-0.2, 0) is 44.6 Å². The van der Waals surface area contributed by atoms with Crippen molar-refractivity contribution < 1.29 is 53.4 Å². The fourth-order valence-electron chi connectivity index (χ4n) is 3.29. The van der Waals surface area contributed by atoms with Crippen molar-refractivity contribution in [3.8, 4) is 18.0 Å². The lowest BCUT2D eigenvalue weighted by atomic mass is 10.5. The number of halogens is 4. The molecule has 0 saturated carbocycles. The van der Waals surface area contributed by atoms with E-state index in [9.17, 15) is 26.4 Å². The second-order valence-corrected chi connectivity index (χ2v) is 17.1. The second-order valence-electron chi connectivity index (χ2n) is 10.3. The molecule has 0 aliphatic carbocycles. The fraction of sp³-hybridized carbons (Fsp3) is 0.214. The van der Waals surface area contributed by atoms with Gasteiger partial charge in [-0.15, -0.1) is 0 Å². The summed E-state index contributed by atoms with van der Waals surface area (Å²) in [6.07, 6.45) is 0.984. The fourth-order valence-corrected chi connectivity index (χ4v) is 6.23. The molecule has 0 aliphatic rings. The highest BCUT2D eigenvalue weighted by molar-refractivity contribution is 8.12. The van der Waals surface area contributed by atoms with Gasteiger partial charge in [0.05, 0.1) is 67.8 Å². The zero-order chi connectivity index (χ0) is 51.6. The van der Waals surface area contributed by atoms with E-state index in [1.165, 1.54) is 42.8 Å².